The van der Waals surface area contributed by atoms with Crippen molar-refractivity contribution in [1.29, 1.82) is 0 Å². The maximum atomic E-state index is 6.37. The van der Waals surface area contributed by atoms with Crippen LogP contribution < -0.4 is 0 Å². The van der Waals surface area contributed by atoms with Gasteiger partial charge in [-0.3, -0.25) is 13.7 Å². The number of para-hydroxylation sites is 5. The second-order valence-electron chi connectivity index (χ2n) is 36.0. The molecule has 0 bridgehead atoms. The van der Waals surface area contributed by atoms with Crippen molar-refractivity contribution in [3.8, 4) is 95.7 Å². The lowest BCUT2D eigenvalue weighted by molar-refractivity contribution is 0.660. The largest absolute Gasteiger partial charge is 0.456 e. The first-order chi connectivity index (χ1) is 60.2. The van der Waals surface area contributed by atoms with Crippen molar-refractivity contribution >= 4 is 131 Å². The van der Waals surface area contributed by atoms with Crippen LogP contribution in [0.3, 0.4) is 0 Å². The summed E-state index contributed by atoms with van der Waals surface area (Å²) in [6.07, 6.45) is 0. The van der Waals surface area contributed by atoms with Crippen molar-refractivity contribution in [1.82, 2.24) is 32.8 Å². The van der Waals surface area contributed by atoms with Crippen LogP contribution >= 0.6 is 0 Å². The number of nitrogens with zero attached hydrogens (tertiary/aromatic N) is 7. The van der Waals surface area contributed by atoms with Gasteiger partial charge in [0.15, 0.2) is 0 Å². The Morgan fingerprint density at radius 2 is 0.496 bits per heavy atom. The fourth-order valence-electron chi connectivity index (χ4n) is 22.6. The fraction of sp³-hybridized carbons (Fsp3) is 0.0783. The zero-order valence-corrected chi connectivity index (χ0v) is 68.6. The molecule has 0 saturated heterocycles. The molecule has 0 unspecified atom stereocenters. The summed E-state index contributed by atoms with van der Waals surface area (Å²) < 4.78 is 18.5. The summed E-state index contributed by atoms with van der Waals surface area (Å²) in [6.45, 7) is 14.2. The van der Waals surface area contributed by atoms with Gasteiger partial charge in [-0.1, -0.05) is 254 Å². The summed E-state index contributed by atoms with van der Waals surface area (Å²) in [5.41, 5.74) is 37.0. The van der Waals surface area contributed by atoms with Crippen LogP contribution in [0, 0.1) is 0 Å². The van der Waals surface area contributed by atoms with E-state index >= 15 is 0 Å². The first-order valence-corrected chi connectivity index (χ1v) is 42.9. The summed E-state index contributed by atoms with van der Waals surface area (Å²) in [4.78, 5) is 12.0. The van der Waals surface area contributed by atoms with Gasteiger partial charge >= 0.3 is 0 Å². The minimum Gasteiger partial charge on any atom is -0.456 e. The molecule has 17 aromatic carbocycles. The summed E-state index contributed by atoms with van der Waals surface area (Å²) in [5.74, 6) is 2.04. The molecule has 0 N–H and O–H groups in total. The number of furan rings is 1. The highest BCUT2D eigenvalue weighted by Gasteiger charge is 2.40. The van der Waals surface area contributed by atoms with Crippen LogP contribution in [0.1, 0.15) is 74.9 Å². The predicted octanol–water partition coefficient (Wildman–Crippen LogP) is 29.8. The zero-order valence-electron chi connectivity index (χ0n) is 68.6. The Hall–Kier alpha value is -15.4. The molecule has 27 rings (SSSR count). The number of hydrogen-bond donors (Lipinski definition) is 0. The minimum atomic E-state index is -0.262. The molecule has 0 saturated carbocycles. The summed E-state index contributed by atoms with van der Waals surface area (Å²) >= 11 is 0. The molecular weight excluding hydrogens is 1500 g/mol. The maximum absolute atomic E-state index is 6.37. The zero-order chi connectivity index (χ0) is 81.4. The number of rotatable bonds is 8. The van der Waals surface area contributed by atoms with Gasteiger partial charge in [0.25, 0.3) is 0 Å². The molecular formula is C115H77N7O. The van der Waals surface area contributed by atoms with Crippen molar-refractivity contribution in [2.75, 3.05) is 0 Å². The fourth-order valence-corrected chi connectivity index (χ4v) is 22.6. The number of benzene rings is 17. The molecule has 0 fully saturated rings. The van der Waals surface area contributed by atoms with Crippen LogP contribution in [0.4, 0.5) is 0 Å². The molecule has 7 aromatic heterocycles. The lowest BCUT2D eigenvalue weighted by Gasteiger charge is -2.22. The van der Waals surface area contributed by atoms with E-state index in [0.717, 1.165) is 138 Å². The first-order valence-electron chi connectivity index (χ1n) is 42.9. The Morgan fingerprint density at radius 3 is 0.951 bits per heavy atom. The highest BCUT2D eigenvalue weighted by Crippen LogP contribution is 2.55. The molecule has 578 valence electrons. The van der Waals surface area contributed by atoms with Crippen molar-refractivity contribution in [3.63, 3.8) is 0 Å². The monoisotopic (exact) mass is 1570 g/mol. The van der Waals surface area contributed by atoms with Crippen LogP contribution in [-0.2, 0) is 16.2 Å². The number of hydrogen-bond acceptors (Lipinski definition) is 3. The Kier molecular flexibility index (Phi) is 13.6. The van der Waals surface area contributed by atoms with Gasteiger partial charge in [0.2, 0.25) is 5.95 Å². The molecule has 24 aromatic rings. The lowest BCUT2D eigenvalue weighted by Crippen LogP contribution is -2.15. The van der Waals surface area contributed by atoms with Gasteiger partial charge in [-0.15, -0.1) is 0 Å². The normalized spacial score (nSPS) is 14.1. The van der Waals surface area contributed by atoms with E-state index in [1.807, 2.05) is 12.1 Å². The highest BCUT2D eigenvalue weighted by atomic mass is 16.3. The minimum absolute atomic E-state index is 0.148. The first kappa shape index (κ1) is 68.5. The maximum Gasteiger partial charge on any atom is 0.238 e. The Morgan fingerprint density at radius 1 is 0.195 bits per heavy atom. The lowest BCUT2D eigenvalue weighted by atomic mass is 9.82. The molecule has 0 atom stereocenters. The molecule has 0 amide bonds. The molecule has 7 heterocycles. The van der Waals surface area contributed by atoms with Gasteiger partial charge in [-0.2, -0.15) is 9.97 Å². The standard InChI is InChI=1S/C115H77N7O/c1-113(2)92-31-15-7-23-74(92)77-47-45-72(61-95(77)113)118-98-34-18-10-26-79(98)85-55-66(39-49-102(85)118)69-41-51-104-88(58-69)89-59-70(67-40-50-103-86(56-67)80-27-11-19-35-99(80)119(103)73-46-48-78-75-24-8-16-32-93(75)114(3,4)96(78)62-73)42-52-105(89)120(104)110-65-111(121-100-36-20-12-29-82(100)90-63-84-76-25-9-17-33-94(76)115(5,6)97(84)64-107(90)121)117-112(116-110)122-101-37-21-13-28-81(101)87-57-68(43-53-106(87)122)71-44-54-109-91(60-71)83-30-14-22-38-108(83)123-109/h7-65H,1-6H3. The average molecular weight is 1570 g/mol. The molecule has 3 aliphatic rings. The van der Waals surface area contributed by atoms with Gasteiger partial charge < -0.3 is 13.6 Å². The SMILES string of the molecule is CC1(C)c2ccccc2-c2ccc(-n3c4ccccc4c4cc(-c5ccc6c(c5)c5cc(-c7ccc8c(c7)c7ccccc7n8-c7ccc8c(c7)C(C)(C)c7ccccc7-8)ccc5n6-c5cc(-n6c7ccccc7c7cc8c(cc76)C(C)(C)c6ccccc6-8)nc(-n6c7ccccc7c7cc(-c8ccc9oc%10ccccc%10c9c8)ccc76)n5)ccc43)cc21. The van der Waals surface area contributed by atoms with Crippen LogP contribution in [0.15, 0.2) is 362 Å². The molecule has 123 heavy (non-hydrogen) atoms. The van der Waals surface area contributed by atoms with Crippen molar-refractivity contribution in [2.24, 2.45) is 0 Å². The van der Waals surface area contributed by atoms with Crippen molar-refractivity contribution in [3.05, 3.63) is 391 Å². The van der Waals surface area contributed by atoms with E-state index in [1.54, 1.807) is 0 Å². The van der Waals surface area contributed by atoms with Gasteiger partial charge in [-0.05, 0) is 240 Å². The summed E-state index contributed by atoms with van der Waals surface area (Å²) in [7, 11) is 0. The van der Waals surface area contributed by atoms with E-state index in [2.05, 4.69) is 410 Å². The van der Waals surface area contributed by atoms with Crippen LogP contribution in [0.2, 0.25) is 0 Å². The quantitative estimate of drug-likeness (QED) is 0.152. The smallest absolute Gasteiger partial charge is 0.238 e. The Bertz CT molecular complexity index is 8600. The molecule has 8 heteroatoms. The van der Waals surface area contributed by atoms with E-state index in [4.69, 9.17) is 14.4 Å². The molecule has 8 nitrogen and oxygen atoms in total. The van der Waals surface area contributed by atoms with Crippen LogP contribution in [-0.4, -0.2) is 32.8 Å². The van der Waals surface area contributed by atoms with Gasteiger partial charge in [-0.25, -0.2) is 0 Å². The van der Waals surface area contributed by atoms with E-state index in [0.29, 0.717) is 5.95 Å². The predicted molar refractivity (Wildman–Crippen MR) is 510 cm³/mol. The van der Waals surface area contributed by atoms with Crippen molar-refractivity contribution < 1.29 is 4.42 Å². The molecule has 0 aliphatic heterocycles. The van der Waals surface area contributed by atoms with E-state index in [-0.39, 0.29) is 16.2 Å². The third kappa shape index (κ3) is 9.39. The van der Waals surface area contributed by atoms with Crippen LogP contribution in [0.25, 0.3) is 227 Å². The van der Waals surface area contributed by atoms with E-state index in [9.17, 15) is 0 Å². The van der Waals surface area contributed by atoms with E-state index in [1.165, 1.54) is 116 Å². The Balaban J connectivity index is 0.687. The second-order valence-corrected chi connectivity index (χ2v) is 36.0. The molecule has 0 radical (unpaired) electrons. The third-order valence-electron chi connectivity index (χ3n) is 28.5. The topological polar surface area (TPSA) is 63.6 Å². The van der Waals surface area contributed by atoms with Crippen molar-refractivity contribution in [2.45, 2.75) is 57.8 Å². The third-order valence-corrected chi connectivity index (χ3v) is 28.5. The van der Waals surface area contributed by atoms with Gasteiger partial charge in [0.05, 0.1) is 55.2 Å². The Labute approximate surface area is 708 Å². The summed E-state index contributed by atoms with van der Waals surface area (Å²) in [6, 6.07) is 134. The molecule has 0 spiro atoms. The van der Waals surface area contributed by atoms with E-state index < -0.39 is 0 Å². The van der Waals surface area contributed by atoms with Gasteiger partial charge in [0, 0.05) is 98.3 Å². The second kappa shape index (κ2) is 24.4. The van der Waals surface area contributed by atoms with Crippen LogP contribution in [0.5, 0.6) is 0 Å². The van der Waals surface area contributed by atoms with Gasteiger partial charge in [0.1, 0.15) is 22.8 Å². The molecule has 3 aliphatic carbocycles. The average Bonchev–Trinajstić information content (AvgIpc) is 1.54. The number of fused-ring (bicyclic) bond motifs is 27. The number of aromatic nitrogens is 7. The summed E-state index contributed by atoms with van der Waals surface area (Å²) in [5, 5.41) is 13.8. The highest BCUT2D eigenvalue weighted by molar-refractivity contribution is 6.18.